The number of hydrogen-bond donors (Lipinski definition) is 1. The zero-order valence-corrected chi connectivity index (χ0v) is 17.2. The molecule has 0 bridgehead atoms. The van der Waals surface area contributed by atoms with Crippen LogP contribution in [0, 0.1) is 0 Å². The Morgan fingerprint density at radius 1 is 1.14 bits per heavy atom. The number of nitrogens with one attached hydrogen (secondary N) is 1. The summed E-state index contributed by atoms with van der Waals surface area (Å²) in [6.07, 6.45) is 3.81. The lowest BCUT2D eigenvalue weighted by atomic mass is 10.1. The maximum atomic E-state index is 12.6. The first-order chi connectivity index (χ1) is 14.1. The van der Waals surface area contributed by atoms with E-state index >= 15 is 0 Å². The van der Waals surface area contributed by atoms with Gasteiger partial charge in [-0.2, -0.15) is 0 Å². The summed E-state index contributed by atoms with van der Waals surface area (Å²) in [7, 11) is 0. The number of amides is 1. The van der Waals surface area contributed by atoms with Crippen molar-refractivity contribution in [2.45, 2.75) is 26.3 Å². The average molecular weight is 403 g/mol. The van der Waals surface area contributed by atoms with E-state index in [1.807, 2.05) is 60.9 Å². The van der Waals surface area contributed by atoms with E-state index in [0.717, 1.165) is 27.6 Å². The number of rotatable bonds is 6. The van der Waals surface area contributed by atoms with E-state index < -0.39 is 0 Å². The van der Waals surface area contributed by atoms with Gasteiger partial charge in [0.2, 0.25) is 0 Å². The Morgan fingerprint density at radius 3 is 2.76 bits per heavy atom. The first-order valence-corrected chi connectivity index (χ1v) is 10.4. The predicted molar refractivity (Wildman–Crippen MR) is 117 cm³/mol. The van der Waals surface area contributed by atoms with Crippen molar-refractivity contribution in [1.29, 1.82) is 0 Å². The van der Waals surface area contributed by atoms with Gasteiger partial charge in [0.25, 0.3) is 5.91 Å². The average Bonchev–Trinajstić information content (AvgIpc) is 3.39. The molecule has 1 N–H and O–H groups in total. The number of aromatic nitrogens is 3. The minimum absolute atomic E-state index is 0.203. The second kappa shape index (κ2) is 8.41. The van der Waals surface area contributed by atoms with E-state index in [4.69, 9.17) is 0 Å². The zero-order valence-electron chi connectivity index (χ0n) is 16.4. The molecule has 0 spiro atoms. The molecule has 0 saturated carbocycles. The van der Waals surface area contributed by atoms with E-state index in [1.165, 1.54) is 11.3 Å². The molecule has 0 aliphatic heterocycles. The van der Waals surface area contributed by atoms with Crippen molar-refractivity contribution in [3.05, 3.63) is 89.5 Å². The van der Waals surface area contributed by atoms with E-state index in [9.17, 15) is 4.79 Å². The fraction of sp³-hybridized carbons (Fsp3) is 0.174. The Hall–Kier alpha value is -3.25. The summed E-state index contributed by atoms with van der Waals surface area (Å²) >= 11 is 1.47. The van der Waals surface area contributed by atoms with Gasteiger partial charge < -0.3 is 9.88 Å². The van der Waals surface area contributed by atoms with Crippen LogP contribution in [0.25, 0.3) is 10.6 Å². The summed E-state index contributed by atoms with van der Waals surface area (Å²) in [5.74, 6) is 1.21. The number of carbonyl (C=O) groups excluding carboxylic acids is 1. The van der Waals surface area contributed by atoms with Crippen molar-refractivity contribution in [3.8, 4) is 10.6 Å². The Balaban J connectivity index is 1.47. The van der Waals surface area contributed by atoms with E-state index in [1.54, 1.807) is 5.38 Å². The summed E-state index contributed by atoms with van der Waals surface area (Å²) in [5, 5.41) is 5.59. The zero-order chi connectivity index (χ0) is 20.2. The minimum atomic E-state index is -0.203. The molecule has 0 unspecified atom stereocenters. The van der Waals surface area contributed by atoms with E-state index in [2.05, 4.69) is 39.8 Å². The van der Waals surface area contributed by atoms with Crippen molar-refractivity contribution in [2.24, 2.45) is 0 Å². The second-order valence-corrected chi connectivity index (χ2v) is 7.98. The van der Waals surface area contributed by atoms with Gasteiger partial charge in [-0.05, 0) is 17.7 Å². The van der Waals surface area contributed by atoms with Gasteiger partial charge in [-0.1, -0.05) is 56.3 Å². The largest absolute Gasteiger partial charge is 0.330 e. The van der Waals surface area contributed by atoms with Gasteiger partial charge in [0, 0.05) is 41.5 Å². The fourth-order valence-electron chi connectivity index (χ4n) is 3.19. The maximum absolute atomic E-state index is 12.6. The predicted octanol–water partition coefficient (Wildman–Crippen LogP) is 5.43. The molecule has 0 aliphatic carbocycles. The van der Waals surface area contributed by atoms with Gasteiger partial charge in [0.1, 0.15) is 16.5 Å². The highest BCUT2D eigenvalue weighted by Gasteiger charge is 2.13. The third-order valence-electron chi connectivity index (χ3n) is 4.56. The highest BCUT2D eigenvalue weighted by atomic mass is 32.1. The molecule has 0 atom stereocenters. The van der Waals surface area contributed by atoms with E-state index in [-0.39, 0.29) is 5.91 Å². The molecule has 6 heteroatoms. The lowest BCUT2D eigenvalue weighted by Gasteiger charge is -2.11. The molecule has 2 heterocycles. The summed E-state index contributed by atoms with van der Waals surface area (Å²) in [5.41, 5.74) is 3.30. The molecule has 0 aliphatic rings. The SMILES string of the molecule is CC(C)c1nccn1Cc1cccc(NC(=O)c2csc(-c3ccccc3)n2)c1. The molecule has 0 saturated heterocycles. The summed E-state index contributed by atoms with van der Waals surface area (Å²) < 4.78 is 2.14. The van der Waals surface area contributed by atoms with Crippen LogP contribution in [0.15, 0.2) is 72.4 Å². The Bertz CT molecular complexity index is 1110. The summed E-state index contributed by atoms with van der Waals surface area (Å²) in [6, 6.07) is 17.8. The van der Waals surface area contributed by atoms with Crippen LogP contribution in [-0.2, 0) is 6.54 Å². The molecule has 146 valence electrons. The molecule has 0 radical (unpaired) electrons. The van der Waals surface area contributed by atoms with Crippen LogP contribution in [-0.4, -0.2) is 20.4 Å². The number of thiazole rings is 1. The van der Waals surface area contributed by atoms with Gasteiger partial charge in [-0.3, -0.25) is 4.79 Å². The molecule has 2 aromatic heterocycles. The first-order valence-electron chi connectivity index (χ1n) is 9.52. The summed E-state index contributed by atoms with van der Waals surface area (Å²) in [4.78, 5) is 21.6. The maximum Gasteiger partial charge on any atom is 0.275 e. The van der Waals surface area contributed by atoms with Gasteiger partial charge >= 0.3 is 0 Å². The van der Waals surface area contributed by atoms with Crippen LogP contribution < -0.4 is 5.32 Å². The fourth-order valence-corrected chi connectivity index (χ4v) is 3.99. The van der Waals surface area contributed by atoms with Crippen LogP contribution in [0.4, 0.5) is 5.69 Å². The molecule has 1 amide bonds. The normalized spacial score (nSPS) is 11.0. The van der Waals surface area contributed by atoms with Crippen molar-refractivity contribution < 1.29 is 4.79 Å². The van der Waals surface area contributed by atoms with Gasteiger partial charge in [-0.15, -0.1) is 11.3 Å². The topological polar surface area (TPSA) is 59.8 Å². The van der Waals surface area contributed by atoms with Crippen LogP contribution in [0.5, 0.6) is 0 Å². The summed E-state index contributed by atoms with van der Waals surface area (Å²) in [6.45, 7) is 4.98. The van der Waals surface area contributed by atoms with Crippen LogP contribution >= 0.6 is 11.3 Å². The first kappa shape index (κ1) is 19.1. The van der Waals surface area contributed by atoms with Crippen molar-refractivity contribution >= 4 is 22.9 Å². The molecule has 29 heavy (non-hydrogen) atoms. The number of anilines is 1. The van der Waals surface area contributed by atoms with Gasteiger partial charge in [-0.25, -0.2) is 9.97 Å². The highest BCUT2D eigenvalue weighted by molar-refractivity contribution is 7.13. The number of hydrogen-bond acceptors (Lipinski definition) is 4. The highest BCUT2D eigenvalue weighted by Crippen LogP contribution is 2.24. The Kier molecular flexibility index (Phi) is 5.53. The third kappa shape index (κ3) is 4.43. The molecule has 2 aromatic carbocycles. The van der Waals surface area contributed by atoms with Crippen molar-refractivity contribution in [2.75, 3.05) is 5.32 Å². The molecular formula is C23H22N4OS. The van der Waals surface area contributed by atoms with Crippen molar-refractivity contribution in [1.82, 2.24) is 14.5 Å². The lowest BCUT2D eigenvalue weighted by molar-refractivity contribution is 0.102. The van der Waals surface area contributed by atoms with Gasteiger partial charge in [0.05, 0.1) is 0 Å². The molecular weight excluding hydrogens is 380 g/mol. The molecule has 5 nitrogen and oxygen atoms in total. The Morgan fingerprint density at radius 2 is 1.97 bits per heavy atom. The molecule has 4 aromatic rings. The molecule has 4 rings (SSSR count). The third-order valence-corrected chi connectivity index (χ3v) is 5.45. The second-order valence-electron chi connectivity index (χ2n) is 7.13. The monoisotopic (exact) mass is 402 g/mol. The smallest absolute Gasteiger partial charge is 0.275 e. The number of imidazole rings is 1. The quantitative estimate of drug-likeness (QED) is 0.468. The van der Waals surface area contributed by atoms with Crippen molar-refractivity contribution in [3.63, 3.8) is 0 Å². The Labute approximate surface area is 174 Å². The van der Waals surface area contributed by atoms with Gasteiger partial charge in [0.15, 0.2) is 0 Å². The van der Waals surface area contributed by atoms with Crippen LogP contribution in [0.3, 0.4) is 0 Å². The number of carbonyl (C=O) groups is 1. The van der Waals surface area contributed by atoms with Crippen LogP contribution in [0.1, 0.15) is 41.6 Å². The van der Waals surface area contributed by atoms with Crippen LogP contribution in [0.2, 0.25) is 0 Å². The minimum Gasteiger partial charge on any atom is -0.330 e. The standard InChI is InChI=1S/C23H22N4OS/c1-16(2)21-24-11-12-27(21)14-17-7-6-10-19(13-17)25-22(28)20-15-29-23(26-20)18-8-4-3-5-9-18/h3-13,15-16H,14H2,1-2H3,(H,25,28). The lowest BCUT2D eigenvalue weighted by Crippen LogP contribution is -2.13. The number of nitrogens with zero attached hydrogens (tertiary/aromatic N) is 3. The number of benzene rings is 2. The molecule has 0 fully saturated rings. The van der Waals surface area contributed by atoms with E-state index in [0.29, 0.717) is 18.2 Å².